The molecule has 1 N–H and O–H groups in total. The van der Waals surface area contributed by atoms with E-state index in [9.17, 15) is 9.59 Å². The van der Waals surface area contributed by atoms with E-state index in [0.717, 1.165) is 16.7 Å². The number of hydrogen-bond donors (Lipinski definition) is 1. The average Bonchev–Trinajstić information content (AvgIpc) is 2.81. The van der Waals surface area contributed by atoms with Crippen LogP contribution < -0.4 is 9.47 Å². The smallest absolute Gasteiger partial charge is 0.342 e. The van der Waals surface area contributed by atoms with Gasteiger partial charge in [0.15, 0.2) is 0 Å². The SMILES string of the molecule is COc1c(C)c2c(c3c1CCC(C)(CC(=O)O)O3)C(=O)OC2. The van der Waals surface area contributed by atoms with Crippen molar-refractivity contribution in [1.29, 1.82) is 0 Å². The number of esters is 1. The monoisotopic (exact) mass is 306 g/mol. The fraction of sp³-hybridized carbons (Fsp3) is 0.500. The molecule has 3 rings (SSSR count). The Morgan fingerprint density at radius 3 is 2.77 bits per heavy atom. The lowest BCUT2D eigenvalue weighted by molar-refractivity contribution is -0.141. The van der Waals surface area contributed by atoms with Crippen LogP contribution in [0, 0.1) is 6.92 Å². The van der Waals surface area contributed by atoms with E-state index in [1.807, 2.05) is 6.92 Å². The number of hydrogen-bond acceptors (Lipinski definition) is 5. The number of methoxy groups -OCH3 is 1. The van der Waals surface area contributed by atoms with E-state index in [1.165, 1.54) is 0 Å². The van der Waals surface area contributed by atoms with Crippen molar-refractivity contribution in [2.45, 2.75) is 45.3 Å². The zero-order chi connectivity index (χ0) is 16.1. The molecule has 2 aliphatic rings. The van der Waals surface area contributed by atoms with E-state index in [1.54, 1.807) is 14.0 Å². The Hall–Kier alpha value is -2.24. The summed E-state index contributed by atoms with van der Waals surface area (Å²) in [6.07, 6.45) is 1.03. The molecular formula is C16H18O6. The predicted octanol–water partition coefficient (Wildman–Crippen LogP) is 2.23. The lowest BCUT2D eigenvalue weighted by Crippen LogP contribution is -2.39. The Bertz CT molecular complexity index is 678. The number of fused-ring (bicyclic) bond motifs is 3. The predicted molar refractivity (Wildman–Crippen MR) is 76.5 cm³/mol. The summed E-state index contributed by atoms with van der Waals surface area (Å²) in [6, 6.07) is 0. The normalized spacial score (nSPS) is 22.4. The number of carbonyl (C=O) groups is 2. The summed E-state index contributed by atoms with van der Waals surface area (Å²) in [7, 11) is 1.58. The van der Waals surface area contributed by atoms with Crippen LogP contribution in [0.4, 0.5) is 0 Å². The summed E-state index contributed by atoms with van der Waals surface area (Å²) in [5.41, 5.74) is 2.05. The molecule has 0 amide bonds. The van der Waals surface area contributed by atoms with Gasteiger partial charge in [0, 0.05) is 11.1 Å². The van der Waals surface area contributed by atoms with E-state index in [4.69, 9.17) is 19.3 Å². The highest BCUT2D eigenvalue weighted by molar-refractivity contribution is 5.98. The molecule has 6 nitrogen and oxygen atoms in total. The Labute approximate surface area is 128 Å². The second-order valence-corrected chi connectivity index (χ2v) is 6.02. The molecule has 6 heteroatoms. The molecule has 22 heavy (non-hydrogen) atoms. The van der Waals surface area contributed by atoms with Crippen LogP contribution in [0.5, 0.6) is 11.5 Å². The van der Waals surface area contributed by atoms with Crippen molar-refractivity contribution in [3.05, 3.63) is 22.3 Å². The Morgan fingerprint density at radius 2 is 2.14 bits per heavy atom. The van der Waals surface area contributed by atoms with Gasteiger partial charge in [0.05, 0.1) is 13.5 Å². The maximum absolute atomic E-state index is 12.1. The molecule has 2 heterocycles. The Kier molecular flexibility index (Phi) is 3.27. The lowest BCUT2D eigenvalue weighted by atomic mass is 9.86. The van der Waals surface area contributed by atoms with Crippen molar-refractivity contribution in [2.24, 2.45) is 0 Å². The molecular weight excluding hydrogens is 288 g/mol. The minimum atomic E-state index is -0.927. The van der Waals surface area contributed by atoms with Gasteiger partial charge in [0.25, 0.3) is 0 Å². The van der Waals surface area contributed by atoms with Gasteiger partial charge < -0.3 is 19.3 Å². The molecule has 0 bridgehead atoms. The average molecular weight is 306 g/mol. The van der Waals surface area contributed by atoms with E-state index >= 15 is 0 Å². The molecule has 0 saturated carbocycles. The van der Waals surface area contributed by atoms with E-state index in [0.29, 0.717) is 29.9 Å². The minimum Gasteiger partial charge on any atom is -0.496 e. The van der Waals surface area contributed by atoms with E-state index < -0.39 is 17.5 Å². The topological polar surface area (TPSA) is 82.1 Å². The first-order chi connectivity index (χ1) is 10.4. The summed E-state index contributed by atoms with van der Waals surface area (Å²) >= 11 is 0. The summed E-state index contributed by atoms with van der Waals surface area (Å²) in [4.78, 5) is 23.1. The Balaban J connectivity index is 2.16. The fourth-order valence-electron chi connectivity index (χ4n) is 3.30. The van der Waals surface area contributed by atoms with Crippen LogP contribution in [0.1, 0.15) is 46.8 Å². The van der Waals surface area contributed by atoms with Gasteiger partial charge in [-0.25, -0.2) is 4.79 Å². The summed E-state index contributed by atoms with van der Waals surface area (Å²) in [5.74, 6) is -0.222. The highest BCUT2D eigenvalue weighted by Gasteiger charge is 2.41. The molecule has 0 aromatic heterocycles. The van der Waals surface area contributed by atoms with E-state index in [-0.39, 0.29) is 13.0 Å². The van der Waals surface area contributed by atoms with Crippen molar-refractivity contribution < 1.29 is 28.9 Å². The number of cyclic esters (lactones) is 1. The van der Waals surface area contributed by atoms with Gasteiger partial charge in [-0.2, -0.15) is 0 Å². The van der Waals surface area contributed by atoms with Crippen molar-refractivity contribution in [3.8, 4) is 11.5 Å². The van der Waals surface area contributed by atoms with Crippen LogP contribution in [0.15, 0.2) is 0 Å². The largest absolute Gasteiger partial charge is 0.496 e. The number of carboxylic acid groups (broad SMARTS) is 1. The number of rotatable bonds is 3. The standard InChI is InChI=1S/C16H18O6/c1-8-10-7-21-15(19)12(10)14-9(13(8)20-3)4-5-16(2,22-14)6-11(17)18/h4-7H2,1-3H3,(H,17,18). The van der Waals surface area contributed by atoms with Gasteiger partial charge in [-0.05, 0) is 32.3 Å². The number of benzene rings is 1. The van der Waals surface area contributed by atoms with Gasteiger partial charge in [-0.3, -0.25) is 4.79 Å². The van der Waals surface area contributed by atoms with Crippen LogP contribution in [0.2, 0.25) is 0 Å². The third-order valence-corrected chi connectivity index (χ3v) is 4.40. The van der Waals surface area contributed by atoms with Crippen molar-refractivity contribution >= 4 is 11.9 Å². The third-order valence-electron chi connectivity index (χ3n) is 4.40. The van der Waals surface area contributed by atoms with Gasteiger partial charge in [0.2, 0.25) is 0 Å². The molecule has 1 aromatic rings. The molecule has 0 saturated heterocycles. The van der Waals surface area contributed by atoms with Gasteiger partial charge >= 0.3 is 11.9 Å². The molecule has 2 aliphatic heterocycles. The molecule has 0 spiro atoms. The molecule has 0 fully saturated rings. The van der Waals surface area contributed by atoms with Gasteiger partial charge in [0.1, 0.15) is 29.3 Å². The first kappa shape index (κ1) is 14.7. The second kappa shape index (κ2) is 4.90. The Morgan fingerprint density at radius 1 is 1.41 bits per heavy atom. The number of ether oxygens (including phenoxy) is 3. The second-order valence-electron chi connectivity index (χ2n) is 6.02. The van der Waals surface area contributed by atoms with Crippen molar-refractivity contribution in [3.63, 3.8) is 0 Å². The van der Waals surface area contributed by atoms with Crippen LogP contribution in [0.3, 0.4) is 0 Å². The highest BCUT2D eigenvalue weighted by atomic mass is 16.5. The fourth-order valence-corrected chi connectivity index (χ4v) is 3.30. The highest BCUT2D eigenvalue weighted by Crippen LogP contribution is 2.47. The number of carboxylic acids is 1. The first-order valence-electron chi connectivity index (χ1n) is 7.16. The molecule has 118 valence electrons. The van der Waals surface area contributed by atoms with Gasteiger partial charge in [-0.1, -0.05) is 0 Å². The number of carbonyl (C=O) groups excluding carboxylic acids is 1. The van der Waals surface area contributed by atoms with Crippen LogP contribution in [0.25, 0.3) is 0 Å². The maximum atomic E-state index is 12.1. The molecule has 0 radical (unpaired) electrons. The van der Waals surface area contributed by atoms with Crippen LogP contribution in [-0.4, -0.2) is 29.8 Å². The quantitative estimate of drug-likeness (QED) is 0.862. The van der Waals surface area contributed by atoms with Crippen LogP contribution in [-0.2, 0) is 22.6 Å². The van der Waals surface area contributed by atoms with Crippen LogP contribution >= 0.6 is 0 Å². The summed E-state index contributed by atoms with van der Waals surface area (Å²) < 4.78 is 16.6. The van der Waals surface area contributed by atoms with Crippen molar-refractivity contribution in [2.75, 3.05) is 7.11 Å². The van der Waals surface area contributed by atoms with Gasteiger partial charge in [-0.15, -0.1) is 0 Å². The summed E-state index contributed by atoms with van der Waals surface area (Å²) in [5, 5.41) is 9.07. The molecule has 1 unspecified atom stereocenters. The molecule has 1 atom stereocenters. The zero-order valence-corrected chi connectivity index (χ0v) is 12.8. The maximum Gasteiger partial charge on any atom is 0.342 e. The summed E-state index contributed by atoms with van der Waals surface area (Å²) in [6.45, 7) is 3.84. The number of aliphatic carboxylic acids is 1. The van der Waals surface area contributed by atoms with Crippen molar-refractivity contribution in [1.82, 2.24) is 0 Å². The minimum absolute atomic E-state index is 0.119. The zero-order valence-electron chi connectivity index (χ0n) is 12.8. The molecule has 0 aliphatic carbocycles. The molecule has 1 aromatic carbocycles. The lowest BCUT2D eigenvalue weighted by Gasteiger charge is -2.36. The first-order valence-corrected chi connectivity index (χ1v) is 7.16. The third kappa shape index (κ3) is 2.10. The van der Waals surface area contributed by atoms with E-state index in [2.05, 4.69) is 0 Å².